The molecule has 2 heterocycles. The fourth-order valence-electron chi connectivity index (χ4n) is 5.52. The first-order valence-electron chi connectivity index (χ1n) is 12.2. The van der Waals surface area contributed by atoms with Crippen LogP contribution in [0.4, 0.5) is 20.6 Å². The Morgan fingerprint density at radius 3 is 2.70 bits per heavy atom. The summed E-state index contributed by atoms with van der Waals surface area (Å²) < 4.78 is 20.1. The third-order valence-electron chi connectivity index (χ3n) is 7.31. The van der Waals surface area contributed by atoms with E-state index in [1.54, 1.807) is 12.1 Å². The van der Waals surface area contributed by atoms with Crippen LogP contribution in [0.5, 0.6) is 0 Å². The molecule has 3 aliphatic rings. The number of piperidine rings is 1. The van der Waals surface area contributed by atoms with Crippen molar-refractivity contribution in [3.05, 3.63) is 24.0 Å². The Hall–Kier alpha value is -2.35. The molecule has 33 heavy (non-hydrogen) atoms. The second kappa shape index (κ2) is 9.87. The molecule has 1 atom stereocenters. The quantitative estimate of drug-likeness (QED) is 0.688. The molecule has 8 heteroatoms. The summed E-state index contributed by atoms with van der Waals surface area (Å²) in [5.74, 6) is -0.00215. The van der Waals surface area contributed by atoms with Gasteiger partial charge in [0, 0.05) is 31.4 Å². The highest BCUT2D eigenvalue weighted by Crippen LogP contribution is 2.43. The molecule has 0 unspecified atom stereocenters. The topological polar surface area (TPSA) is 82.1 Å². The second-order valence-electron chi connectivity index (χ2n) is 10.3. The van der Waals surface area contributed by atoms with Crippen LogP contribution in [0.25, 0.3) is 0 Å². The fraction of sp³-hybridized carbons (Fsp3) is 0.680. The summed E-state index contributed by atoms with van der Waals surface area (Å²) in [5, 5.41) is 12.4. The van der Waals surface area contributed by atoms with Gasteiger partial charge >= 0.3 is 6.09 Å². The Labute approximate surface area is 195 Å². The van der Waals surface area contributed by atoms with Gasteiger partial charge in [-0.2, -0.15) is 0 Å². The van der Waals surface area contributed by atoms with E-state index in [1.807, 2.05) is 23.6 Å². The minimum absolute atomic E-state index is 0.195. The number of anilines is 2. The molecule has 4 rings (SSSR count). The molecule has 2 N–H and O–H groups in total. The summed E-state index contributed by atoms with van der Waals surface area (Å²) in [6, 6.07) is 4.87. The number of aliphatic hydroxyl groups excluding tert-OH is 1. The molecule has 3 fully saturated rings. The van der Waals surface area contributed by atoms with Crippen LogP contribution in [0.3, 0.4) is 0 Å². The van der Waals surface area contributed by atoms with Gasteiger partial charge in [0.25, 0.3) is 0 Å². The van der Waals surface area contributed by atoms with Gasteiger partial charge in [0.1, 0.15) is 5.82 Å². The Morgan fingerprint density at radius 2 is 2.00 bits per heavy atom. The smallest absolute Gasteiger partial charge is 0.411 e. The molecule has 2 amide bonds. The molecule has 0 radical (unpaired) electrons. The Bertz CT molecular complexity index is 871. The van der Waals surface area contributed by atoms with Crippen molar-refractivity contribution in [2.75, 3.05) is 36.5 Å². The number of hydrogen-bond acceptors (Lipinski definition) is 5. The maximum atomic E-state index is 15.0. The molecule has 1 spiro atoms. The molecular formula is C25H36FN3O4. The van der Waals surface area contributed by atoms with Gasteiger partial charge in [-0.25, -0.2) is 9.18 Å². The van der Waals surface area contributed by atoms with Gasteiger partial charge in [-0.15, -0.1) is 0 Å². The first-order chi connectivity index (χ1) is 15.8. The van der Waals surface area contributed by atoms with Gasteiger partial charge in [-0.05, 0) is 69.1 Å². The van der Waals surface area contributed by atoms with E-state index < -0.39 is 17.3 Å². The predicted molar refractivity (Wildman–Crippen MR) is 125 cm³/mol. The number of benzene rings is 1. The normalized spacial score (nSPS) is 28.0. The molecule has 0 bridgehead atoms. The highest BCUT2D eigenvalue weighted by Gasteiger charge is 2.50. The van der Waals surface area contributed by atoms with E-state index in [1.165, 1.54) is 6.07 Å². The number of ether oxygens (including phenoxy) is 1. The summed E-state index contributed by atoms with van der Waals surface area (Å²) in [4.78, 5) is 29.4. The monoisotopic (exact) mass is 461 g/mol. The molecule has 7 nitrogen and oxygen atoms in total. The number of nitrogens with one attached hydrogen (secondary N) is 1. The molecule has 1 aliphatic carbocycles. The number of halogens is 1. The van der Waals surface area contributed by atoms with E-state index in [4.69, 9.17) is 4.74 Å². The zero-order valence-electron chi connectivity index (χ0n) is 19.7. The number of carbonyl (C=O) groups is 2. The number of likely N-dealkylation sites (tertiary alicyclic amines) is 1. The minimum atomic E-state index is -0.598. The lowest BCUT2D eigenvalue weighted by Crippen LogP contribution is -2.50. The van der Waals surface area contributed by atoms with E-state index in [0.29, 0.717) is 31.1 Å². The van der Waals surface area contributed by atoms with Crippen LogP contribution in [0.1, 0.15) is 58.8 Å². The van der Waals surface area contributed by atoms with Crippen molar-refractivity contribution in [1.29, 1.82) is 0 Å². The van der Waals surface area contributed by atoms with Gasteiger partial charge < -0.3 is 19.6 Å². The molecule has 1 saturated carbocycles. The van der Waals surface area contributed by atoms with Crippen molar-refractivity contribution in [3.63, 3.8) is 0 Å². The van der Waals surface area contributed by atoms with Gasteiger partial charge in [0.2, 0.25) is 5.91 Å². The van der Waals surface area contributed by atoms with E-state index in [2.05, 4.69) is 5.32 Å². The number of carbonyl (C=O) groups excluding carboxylic acids is 2. The standard InChI is InChI=1S/C25H36FN3O4/c1-17(2)15-33-24(32)27-18-4-9-22(21(26)14-18)28-12-3-10-25(16-28)11-13-29(23(25)31)19-5-7-20(30)8-6-19/h4,9,14,17,19-20,30H,3,5-8,10-13,15-16H2,1-2H3,(H,27,32)/t19-,20-,25-/m1/s1. The van der Waals surface area contributed by atoms with Crippen molar-refractivity contribution in [3.8, 4) is 0 Å². The minimum Gasteiger partial charge on any atom is -0.449 e. The molecule has 0 aromatic heterocycles. The summed E-state index contributed by atoms with van der Waals surface area (Å²) in [5.41, 5.74) is 0.347. The number of hydrogen-bond donors (Lipinski definition) is 2. The van der Waals surface area contributed by atoms with Crippen molar-refractivity contribution >= 4 is 23.4 Å². The fourth-order valence-corrected chi connectivity index (χ4v) is 5.52. The molecule has 1 aromatic carbocycles. The summed E-state index contributed by atoms with van der Waals surface area (Å²) >= 11 is 0. The number of nitrogens with zero attached hydrogens (tertiary/aromatic N) is 2. The molecule has 2 saturated heterocycles. The first-order valence-corrected chi connectivity index (χ1v) is 12.2. The average molecular weight is 462 g/mol. The predicted octanol–water partition coefficient (Wildman–Crippen LogP) is 4.15. The van der Waals surface area contributed by atoms with Crippen molar-refractivity contribution in [2.24, 2.45) is 11.3 Å². The molecule has 182 valence electrons. The van der Waals surface area contributed by atoms with Crippen LogP contribution < -0.4 is 10.2 Å². The van der Waals surface area contributed by atoms with Gasteiger partial charge in [0.15, 0.2) is 0 Å². The Kier molecular flexibility index (Phi) is 7.12. The highest BCUT2D eigenvalue weighted by molar-refractivity contribution is 5.87. The van der Waals surface area contributed by atoms with Crippen LogP contribution in [0, 0.1) is 17.2 Å². The first kappa shape index (κ1) is 23.8. The van der Waals surface area contributed by atoms with Crippen LogP contribution in [-0.4, -0.2) is 60.4 Å². The lowest BCUT2D eigenvalue weighted by Gasteiger charge is -2.41. The highest BCUT2D eigenvalue weighted by atomic mass is 19.1. The SMILES string of the molecule is CC(C)COC(=O)Nc1ccc(N2CCC[C@@]3(CCN([C@H]4CC[C@H](O)CC4)C3=O)C2)c(F)c1. The average Bonchev–Trinajstić information content (AvgIpc) is 3.08. The summed E-state index contributed by atoms with van der Waals surface area (Å²) in [6.45, 7) is 6.15. The molecule has 1 aromatic rings. The Morgan fingerprint density at radius 1 is 1.24 bits per heavy atom. The largest absolute Gasteiger partial charge is 0.449 e. The maximum absolute atomic E-state index is 15.0. The summed E-state index contributed by atoms with van der Waals surface area (Å²) in [7, 11) is 0. The maximum Gasteiger partial charge on any atom is 0.411 e. The third-order valence-corrected chi connectivity index (χ3v) is 7.31. The van der Waals surface area contributed by atoms with E-state index in [9.17, 15) is 14.7 Å². The Balaban J connectivity index is 1.41. The second-order valence-corrected chi connectivity index (χ2v) is 10.3. The number of rotatable bonds is 5. The van der Waals surface area contributed by atoms with E-state index >= 15 is 4.39 Å². The van der Waals surface area contributed by atoms with Gasteiger partial charge in [0.05, 0.1) is 23.8 Å². The van der Waals surface area contributed by atoms with Crippen molar-refractivity contribution < 1.29 is 23.8 Å². The third kappa shape index (κ3) is 5.26. The summed E-state index contributed by atoms with van der Waals surface area (Å²) in [6.07, 6.45) is 4.85. The van der Waals surface area contributed by atoms with Gasteiger partial charge in [-0.1, -0.05) is 13.8 Å². The number of aliphatic hydroxyl groups is 1. The lowest BCUT2D eigenvalue weighted by molar-refractivity contribution is -0.139. The van der Waals surface area contributed by atoms with E-state index in [-0.39, 0.29) is 24.0 Å². The zero-order valence-corrected chi connectivity index (χ0v) is 19.7. The van der Waals surface area contributed by atoms with E-state index in [0.717, 1.165) is 51.5 Å². The zero-order chi connectivity index (χ0) is 23.6. The molecular weight excluding hydrogens is 425 g/mol. The number of amides is 2. The van der Waals surface area contributed by atoms with Crippen LogP contribution in [-0.2, 0) is 9.53 Å². The van der Waals surface area contributed by atoms with Gasteiger partial charge in [-0.3, -0.25) is 10.1 Å². The van der Waals surface area contributed by atoms with Crippen molar-refractivity contribution in [1.82, 2.24) is 4.90 Å². The van der Waals surface area contributed by atoms with Crippen LogP contribution in [0.2, 0.25) is 0 Å². The van der Waals surface area contributed by atoms with Crippen molar-refractivity contribution in [2.45, 2.75) is 70.9 Å². The van der Waals surface area contributed by atoms with Crippen LogP contribution >= 0.6 is 0 Å². The van der Waals surface area contributed by atoms with Crippen LogP contribution in [0.15, 0.2) is 18.2 Å². The lowest BCUT2D eigenvalue weighted by atomic mass is 9.78. The molecule has 2 aliphatic heterocycles.